The van der Waals surface area contributed by atoms with Gasteiger partial charge in [-0.25, -0.2) is 4.79 Å². The van der Waals surface area contributed by atoms with Crippen LogP contribution in [-0.4, -0.2) is 47.6 Å². The topological polar surface area (TPSA) is 97.6 Å². The van der Waals surface area contributed by atoms with Gasteiger partial charge in [-0.15, -0.1) is 0 Å². The number of hydrogen-bond acceptors (Lipinski definition) is 4. The number of urea groups is 1. The molecule has 0 spiro atoms. The molecule has 0 aliphatic carbocycles. The van der Waals surface area contributed by atoms with Gasteiger partial charge >= 0.3 is 6.03 Å². The molecule has 1 aliphatic heterocycles. The van der Waals surface area contributed by atoms with Gasteiger partial charge in [0, 0.05) is 19.3 Å². The molecule has 114 valence electrons. The Morgan fingerprint density at radius 2 is 2.38 bits per heavy atom. The number of aromatic nitrogens is 1. The molecule has 0 saturated carbocycles. The summed E-state index contributed by atoms with van der Waals surface area (Å²) in [5, 5.41) is 2.78. The predicted octanol–water partition coefficient (Wildman–Crippen LogP) is 0.510. The number of nitrogens with zero attached hydrogens (tertiary/aromatic N) is 2. The molecule has 1 saturated heterocycles. The lowest BCUT2D eigenvalue weighted by Gasteiger charge is -2.22. The van der Waals surface area contributed by atoms with E-state index < -0.39 is 11.9 Å². The summed E-state index contributed by atoms with van der Waals surface area (Å²) in [6.07, 6.45) is 5.45. The largest absolute Gasteiger partial charge is 0.492 e. The zero-order valence-corrected chi connectivity index (χ0v) is 11.8. The summed E-state index contributed by atoms with van der Waals surface area (Å²) in [7, 11) is 0. The molecule has 3 N–H and O–H groups in total. The van der Waals surface area contributed by atoms with Gasteiger partial charge in [0.05, 0.1) is 12.8 Å². The number of primary amides is 1. The summed E-state index contributed by atoms with van der Waals surface area (Å²) < 4.78 is 5.47. The second-order valence-electron chi connectivity index (χ2n) is 4.88. The van der Waals surface area contributed by atoms with E-state index in [1.807, 2.05) is 6.07 Å². The second kappa shape index (κ2) is 7.47. The van der Waals surface area contributed by atoms with Crippen LogP contribution in [0, 0.1) is 0 Å². The van der Waals surface area contributed by atoms with Crippen LogP contribution in [0.4, 0.5) is 4.79 Å². The minimum Gasteiger partial charge on any atom is -0.492 e. The quantitative estimate of drug-likeness (QED) is 0.746. The molecule has 0 aromatic carbocycles. The first-order chi connectivity index (χ1) is 10.2. The van der Waals surface area contributed by atoms with Crippen molar-refractivity contribution in [3.8, 4) is 5.75 Å². The summed E-state index contributed by atoms with van der Waals surface area (Å²) in [6, 6.07) is 2.91. The summed E-state index contributed by atoms with van der Waals surface area (Å²) in [5.74, 6) is 0.264. The lowest BCUT2D eigenvalue weighted by molar-refractivity contribution is -0.121. The maximum atomic E-state index is 11.9. The molecule has 2 heterocycles. The fourth-order valence-corrected chi connectivity index (χ4v) is 2.30. The summed E-state index contributed by atoms with van der Waals surface area (Å²) in [5.41, 5.74) is 5.28. The van der Waals surface area contributed by atoms with Crippen molar-refractivity contribution in [1.82, 2.24) is 15.2 Å². The Kier molecular flexibility index (Phi) is 5.36. The summed E-state index contributed by atoms with van der Waals surface area (Å²) in [4.78, 5) is 28.6. The van der Waals surface area contributed by atoms with Gasteiger partial charge in [-0.05, 0) is 31.4 Å². The van der Waals surface area contributed by atoms with Crippen LogP contribution in [0.2, 0.25) is 0 Å². The Morgan fingerprint density at radius 3 is 3.10 bits per heavy atom. The minimum atomic E-state index is -0.475. The summed E-state index contributed by atoms with van der Waals surface area (Å²) >= 11 is 0. The summed E-state index contributed by atoms with van der Waals surface area (Å²) in [6.45, 7) is 1.55. The standard InChI is InChI=1S/C14H20N4O3/c15-13(19)12-5-2-8-18(12)14(20)17-7-3-9-21-11-4-1-6-16-10-11/h1,4,6,10,12H,2-3,5,7-9H2,(H2,15,19)(H,17,20)/t12-/m0/s1. The van der Waals surface area contributed by atoms with E-state index in [0.29, 0.717) is 38.3 Å². The highest BCUT2D eigenvalue weighted by molar-refractivity contribution is 5.86. The molecule has 1 aromatic heterocycles. The first-order valence-electron chi connectivity index (χ1n) is 7.05. The van der Waals surface area contributed by atoms with E-state index in [0.717, 1.165) is 6.42 Å². The Morgan fingerprint density at radius 1 is 1.52 bits per heavy atom. The number of amides is 3. The first kappa shape index (κ1) is 15.1. The Bertz CT molecular complexity index is 480. The third-order valence-corrected chi connectivity index (χ3v) is 3.34. The highest BCUT2D eigenvalue weighted by atomic mass is 16.5. The highest BCUT2D eigenvalue weighted by Gasteiger charge is 2.32. The van der Waals surface area contributed by atoms with Gasteiger partial charge in [-0.2, -0.15) is 0 Å². The number of ether oxygens (including phenoxy) is 1. The molecule has 7 nitrogen and oxygen atoms in total. The van der Waals surface area contributed by atoms with E-state index in [1.165, 1.54) is 4.90 Å². The zero-order chi connectivity index (χ0) is 15.1. The third-order valence-electron chi connectivity index (χ3n) is 3.34. The maximum Gasteiger partial charge on any atom is 0.318 e. The average Bonchev–Trinajstić information content (AvgIpc) is 2.97. The lowest BCUT2D eigenvalue weighted by atomic mass is 10.2. The van der Waals surface area contributed by atoms with Gasteiger partial charge < -0.3 is 20.7 Å². The number of nitrogens with one attached hydrogen (secondary N) is 1. The van der Waals surface area contributed by atoms with Gasteiger partial charge in [0.15, 0.2) is 0 Å². The predicted molar refractivity (Wildman–Crippen MR) is 76.7 cm³/mol. The molecule has 3 amide bonds. The SMILES string of the molecule is NC(=O)[C@@H]1CCCN1C(=O)NCCCOc1cccnc1. The van der Waals surface area contributed by atoms with Crippen LogP contribution < -0.4 is 15.8 Å². The number of pyridine rings is 1. The molecule has 1 aliphatic rings. The van der Waals surface area contributed by atoms with E-state index in [4.69, 9.17) is 10.5 Å². The van der Waals surface area contributed by atoms with Crippen molar-refractivity contribution in [2.75, 3.05) is 19.7 Å². The number of rotatable bonds is 6. The van der Waals surface area contributed by atoms with Crippen LogP contribution in [-0.2, 0) is 4.79 Å². The van der Waals surface area contributed by atoms with Gasteiger partial charge in [-0.1, -0.05) is 0 Å². The van der Waals surface area contributed by atoms with Crippen molar-refractivity contribution in [1.29, 1.82) is 0 Å². The normalized spacial score (nSPS) is 17.5. The molecule has 2 rings (SSSR count). The van der Waals surface area contributed by atoms with Crippen LogP contribution in [0.5, 0.6) is 5.75 Å². The Balaban J connectivity index is 1.64. The number of likely N-dealkylation sites (tertiary alicyclic amines) is 1. The van der Waals surface area contributed by atoms with Crippen LogP contribution >= 0.6 is 0 Å². The lowest BCUT2D eigenvalue weighted by Crippen LogP contribution is -2.48. The van der Waals surface area contributed by atoms with Crippen molar-refractivity contribution < 1.29 is 14.3 Å². The number of carbonyl (C=O) groups is 2. The minimum absolute atomic E-state index is 0.238. The molecule has 21 heavy (non-hydrogen) atoms. The van der Waals surface area contributed by atoms with Gasteiger partial charge in [-0.3, -0.25) is 9.78 Å². The second-order valence-corrected chi connectivity index (χ2v) is 4.88. The van der Waals surface area contributed by atoms with Crippen molar-refractivity contribution in [3.63, 3.8) is 0 Å². The first-order valence-corrected chi connectivity index (χ1v) is 7.05. The van der Waals surface area contributed by atoms with E-state index in [2.05, 4.69) is 10.3 Å². The maximum absolute atomic E-state index is 11.9. The molecular formula is C14H20N4O3. The van der Waals surface area contributed by atoms with E-state index in [9.17, 15) is 9.59 Å². The fourth-order valence-electron chi connectivity index (χ4n) is 2.30. The van der Waals surface area contributed by atoms with E-state index in [1.54, 1.807) is 18.5 Å². The number of hydrogen-bond donors (Lipinski definition) is 2. The molecule has 0 bridgehead atoms. The van der Waals surface area contributed by atoms with E-state index >= 15 is 0 Å². The number of carbonyl (C=O) groups excluding carboxylic acids is 2. The molecular weight excluding hydrogens is 272 g/mol. The van der Waals surface area contributed by atoms with Crippen molar-refractivity contribution in [2.24, 2.45) is 5.73 Å². The van der Waals surface area contributed by atoms with Crippen LogP contribution in [0.3, 0.4) is 0 Å². The monoisotopic (exact) mass is 292 g/mol. The Hall–Kier alpha value is -2.31. The van der Waals surface area contributed by atoms with Gasteiger partial charge in [0.25, 0.3) is 0 Å². The molecule has 1 atom stereocenters. The average molecular weight is 292 g/mol. The van der Waals surface area contributed by atoms with E-state index in [-0.39, 0.29) is 6.03 Å². The van der Waals surface area contributed by atoms with Gasteiger partial charge in [0.2, 0.25) is 5.91 Å². The van der Waals surface area contributed by atoms with Crippen LogP contribution in [0.1, 0.15) is 19.3 Å². The third kappa shape index (κ3) is 4.34. The van der Waals surface area contributed by atoms with Gasteiger partial charge in [0.1, 0.15) is 11.8 Å². The van der Waals surface area contributed by atoms with Crippen molar-refractivity contribution >= 4 is 11.9 Å². The van der Waals surface area contributed by atoms with Crippen molar-refractivity contribution in [2.45, 2.75) is 25.3 Å². The fraction of sp³-hybridized carbons (Fsp3) is 0.500. The number of nitrogens with two attached hydrogens (primary N) is 1. The smallest absolute Gasteiger partial charge is 0.318 e. The molecule has 0 radical (unpaired) electrons. The highest BCUT2D eigenvalue weighted by Crippen LogP contribution is 2.16. The Labute approximate surface area is 123 Å². The van der Waals surface area contributed by atoms with Crippen LogP contribution in [0.25, 0.3) is 0 Å². The molecule has 0 unspecified atom stereocenters. The molecule has 1 fully saturated rings. The van der Waals surface area contributed by atoms with Crippen molar-refractivity contribution in [3.05, 3.63) is 24.5 Å². The zero-order valence-electron chi connectivity index (χ0n) is 11.8. The molecule has 1 aromatic rings. The molecule has 7 heteroatoms. The van der Waals surface area contributed by atoms with Crippen LogP contribution in [0.15, 0.2) is 24.5 Å².